The molecule has 1 saturated heterocycles. The number of aliphatic hydroxyl groups excluding tert-OH is 2. The lowest BCUT2D eigenvalue weighted by Gasteiger charge is -2.08. The van der Waals surface area contributed by atoms with Gasteiger partial charge in [-0.2, -0.15) is 0 Å². The molecule has 2 aromatic rings. The monoisotopic (exact) mass is 405 g/mol. The first-order valence-electron chi connectivity index (χ1n) is 9.79. The van der Waals surface area contributed by atoms with Gasteiger partial charge in [0.25, 0.3) is 5.69 Å². The molecule has 0 spiro atoms. The molecule has 0 amide bonds. The van der Waals surface area contributed by atoms with Gasteiger partial charge in [-0.1, -0.05) is 30.3 Å². The lowest BCUT2D eigenvalue weighted by atomic mass is 10.1. The number of nitro benzene ring substituents is 1. The molecule has 7 nitrogen and oxygen atoms in total. The van der Waals surface area contributed by atoms with E-state index in [4.69, 9.17) is 19.7 Å². The van der Waals surface area contributed by atoms with Crippen molar-refractivity contribution >= 4 is 5.69 Å². The maximum absolute atomic E-state index is 11.0. The molecule has 1 aliphatic heterocycles. The summed E-state index contributed by atoms with van der Waals surface area (Å²) in [5.74, 6) is 0.447. The number of nitro groups is 1. The van der Waals surface area contributed by atoms with Gasteiger partial charge in [0.15, 0.2) is 0 Å². The zero-order chi connectivity index (χ0) is 21.5. The third-order valence-corrected chi connectivity index (χ3v) is 4.04. The first-order valence-corrected chi connectivity index (χ1v) is 9.79. The minimum absolute atomic E-state index is 0.0235. The first kappa shape index (κ1) is 24.6. The van der Waals surface area contributed by atoms with Crippen LogP contribution in [0.3, 0.4) is 0 Å². The Bertz CT molecular complexity index is 702. The third kappa shape index (κ3) is 10.0. The zero-order valence-corrected chi connectivity index (χ0v) is 17.1. The molecule has 1 heterocycles. The van der Waals surface area contributed by atoms with Crippen molar-refractivity contribution in [1.29, 1.82) is 0 Å². The van der Waals surface area contributed by atoms with Crippen molar-refractivity contribution in [3.05, 3.63) is 69.8 Å². The Hall–Kier alpha value is -2.48. The largest absolute Gasteiger partial charge is 0.489 e. The van der Waals surface area contributed by atoms with Crippen LogP contribution in [0.4, 0.5) is 5.69 Å². The number of nitrogens with zero attached hydrogens (tertiary/aromatic N) is 1. The molecule has 160 valence electrons. The second kappa shape index (κ2) is 14.5. The van der Waals surface area contributed by atoms with Crippen molar-refractivity contribution < 1.29 is 24.6 Å². The molecule has 1 unspecified atom stereocenters. The zero-order valence-electron chi connectivity index (χ0n) is 17.1. The Labute approximate surface area is 172 Å². The van der Waals surface area contributed by atoms with Crippen LogP contribution in [0.25, 0.3) is 0 Å². The van der Waals surface area contributed by atoms with Crippen molar-refractivity contribution in [2.75, 3.05) is 19.8 Å². The van der Waals surface area contributed by atoms with E-state index in [0.717, 1.165) is 12.2 Å². The van der Waals surface area contributed by atoms with E-state index >= 15 is 0 Å². The van der Waals surface area contributed by atoms with Crippen LogP contribution in [0.1, 0.15) is 37.8 Å². The van der Waals surface area contributed by atoms with E-state index < -0.39 is 4.92 Å². The standard InChI is InChI=1S/C15H15NO4.C5H10O.C2H6O/c17-9-8-13-6-7-14(10-15(13)16(18)19)20-11-12-4-2-1-3-5-12;1-5-3-2-4-6-5;1-2-3/h1-7,10,17H,8-9,11H2;5H,2-4H2,1H3;3H,2H2,1H3. The quantitative estimate of drug-likeness (QED) is 0.558. The summed E-state index contributed by atoms with van der Waals surface area (Å²) < 4.78 is 10.7. The Morgan fingerprint density at radius 1 is 1.21 bits per heavy atom. The molecular weight excluding hydrogens is 374 g/mol. The number of hydrogen-bond acceptors (Lipinski definition) is 6. The molecule has 0 radical (unpaired) electrons. The molecule has 0 bridgehead atoms. The summed E-state index contributed by atoms with van der Waals surface area (Å²) in [6, 6.07) is 14.3. The number of rotatable bonds is 6. The van der Waals surface area contributed by atoms with Crippen molar-refractivity contribution in [2.24, 2.45) is 0 Å². The van der Waals surface area contributed by atoms with Crippen LogP contribution in [-0.4, -0.2) is 41.1 Å². The van der Waals surface area contributed by atoms with E-state index in [1.807, 2.05) is 30.3 Å². The van der Waals surface area contributed by atoms with Crippen molar-refractivity contribution in [3.8, 4) is 5.75 Å². The van der Waals surface area contributed by atoms with E-state index in [2.05, 4.69) is 6.92 Å². The highest BCUT2D eigenvalue weighted by atomic mass is 16.6. The van der Waals surface area contributed by atoms with Crippen molar-refractivity contribution in [3.63, 3.8) is 0 Å². The van der Waals surface area contributed by atoms with Gasteiger partial charge in [-0.15, -0.1) is 0 Å². The molecule has 3 rings (SSSR count). The highest BCUT2D eigenvalue weighted by Gasteiger charge is 2.14. The fourth-order valence-corrected chi connectivity index (χ4v) is 2.61. The minimum Gasteiger partial charge on any atom is -0.489 e. The van der Waals surface area contributed by atoms with Crippen LogP contribution in [0.5, 0.6) is 5.75 Å². The second-order valence-electron chi connectivity index (χ2n) is 6.44. The second-order valence-corrected chi connectivity index (χ2v) is 6.44. The molecule has 2 N–H and O–H groups in total. The normalized spacial score (nSPS) is 14.8. The van der Waals surface area contributed by atoms with Crippen LogP contribution in [0.2, 0.25) is 0 Å². The smallest absolute Gasteiger partial charge is 0.276 e. The van der Waals surface area contributed by atoms with E-state index in [9.17, 15) is 10.1 Å². The summed E-state index contributed by atoms with van der Waals surface area (Å²) in [7, 11) is 0. The molecule has 1 fully saturated rings. The summed E-state index contributed by atoms with van der Waals surface area (Å²) in [6.07, 6.45) is 3.33. The Morgan fingerprint density at radius 3 is 2.38 bits per heavy atom. The fraction of sp³-hybridized carbons (Fsp3) is 0.455. The average Bonchev–Trinajstić information content (AvgIpc) is 3.20. The topological polar surface area (TPSA) is 102 Å². The first-order chi connectivity index (χ1) is 14.0. The third-order valence-electron chi connectivity index (χ3n) is 4.04. The number of hydrogen-bond donors (Lipinski definition) is 2. The summed E-state index contributed by atoms with van der Waals surface area (Å²) in [6.45, 7) is 5.27. The van der Waals surface area contributed by atoms with Crippen LogP contribution >= 0.6 is 0 Å². The van der Waals surface area contributed by atoms with Gasteiger partial charge in [0.05, 0.1) is 17.1 Å². The number of benzene rings is 2. The fourth-order valence-electron chi connectivity index (χ4n) is 2.61. The van der Waals surface area contributed by atoms with Crippen molar-refractivity contribution in [1.82, 2.24) is 0 Å². The van der Waals surface area contributed by atoms with Gasteiger partial charge >= 0.3 is 0 Å². The molecule has 1 aliphatic rings. The van der Waals surface area contributed by atoms with E-state index in [-0.39, 0.29) is 25.3 Å². The van der Waals surface area contributed by atoms with Gasteiger partial charge in [-0.05, 0) is 44.4 Å². The molecule has 29 heavy (non-hydrogen) atoms. The SMILES string of the molecule is CC1CCCO1.CCO.O=[N+]([O-])c1cc(OCc2ccccc2)ccc1CCO. The summed E-state index contributed by atoms with van der Waals surface area (Å²) in [5.41, 5.74) is 1.48. The molecule has 0 saturated carbocycles. The van der Waals surface area contributed by atoms with Gasteiger partial charge in [0.2, 0.25) is 0 Å². The van der Waals surface area contributed by atoms with Crippen LogP contribution < -0.4 is 4.74 Å². The maximum atomic E-state index is 11.0. The predicted octanol–water partition coefficient (Wildman–Crippen LogP) is 3.89. The molecule has 7 heteroatoms. The highest BCUT2D eigenvalue weighted by molar-refractivity contribution is 5.46. The van der Waals surface area contributed by atoms with Crippen LogP contribution in [0.15, 0.2) is 48.5 Å². The van der Waals surface area contributed by atoms with E-state index in [1.54, 1.807) is 19.1 Å². The molecular formula is C22H31NO6. The van der Waals surface area contributed by atoms with E-state index in [1.165, 1.54) is 18.9 Å². The molecule has 1 atom stereocenters. The molecule has 2 aromatic carbocycles. The Balaban J connectivity index is 0.000000387. The van der Waals surface area contributed by atoms with Gasteiger partial charge in [0, 0.05) is 31.8 Å². The molecule has 0 aromatic heterocycles. The van der Waals surface area contributed by atoms with Gasteiger partial charge < -0.3 is 19.7 Å². The van der Waals surface area contributed by atoms with Crippen molar-refractivity contribution in [2.45, 2.75) is 45.8 Å². The average molecular weight is 405 g/mol. The summed E-state index contributed by atoms with van der Waals surface area (Å²) in [5, 5.41) is 27.5. The summed E-state index contributed by atoms with van der Waals surface area (Å²) >= 11 is 0. The lowest BCUT2D eigenvalue weighted by molar-refractivity contribution is -0.385. The van der Waals surface area contributed by atoms with Crippen LogP contribution in [-0.2, 0) is 17.8 Å². The lowest BCUT2D eigenvalue weighted by Crippen LogP contribution is -2.00. The number of ether oxygens (including phenoxy) is 2. The number of aliphatic hydroxyl groups is 2. The minimum atomic E-state index is -0.458. The van der Waals surface area contributed by atoms with Gasteiger partial charge in [0.1, 0.15) is 12.4 Å². The van der Waals surface area contributed by atoms with Gasteiger partial charge in [-0.25, -0.2) is 0 Å². The Kier molecular flexibility index (Phi) is 12.3. The maximum Gasteiger partial charge on any atom is 0.276 e. The highest BCUT2D eigenvalue weighted by Crippen LogP contribution is 2.25. The van der Waals surface area contributed by atoms with Gasteiger partial charge in [-0.3, -0.25) is 10.1 Å². The van der Waals surface area contributed by atoms with E-state index in [0.29, 0.717) is 24.0 Å². The predicted molar refractivity (Wildman–Crippen MR) is 112 cm³/mol. The Morgan fingerprint density at radius 2 is 1.90 bits per heavy atom. The molecule has 0 aliphatic carbocycles. The van der Waals surface area contributed by atoms with Crippen LogP contribution in [0, 0.1) is 10.1 Å². The summed E-state index contributed by atoms with van der Waals surface area (Å²) in [4.78, 5) is 10.5.